The maximum atomic E-state index is 12.2. The number of ether oxygens (including phenoxy) is 1. The van der Waals surface area contributed by atoms with Gasteiger partial charge in [-0.3, -0.25) is 9.59 Å². The first-order valence-corrected chi connectivity index (χ1v) is 8.98. The number of thiazole rings is 1. The van der Waals surface area contributed by atoms with Crippen LogP contribution in [0.2, 0.25) is 5.02 Å². The Hall–Kier alpha value is -2.12. The first-order valence-electron chi connectivity index (χ1n) is 7.79. The van der Waals surface area contributed by atoms with Crippen molar-refractivity contribution in [2.75, 3.05) is 25.0 Å². The lowest BCUT2D eigenvalue weighted by Crippen LogP contribution is -2.40. The minimum atomic E-state index is -0.282. The Bertz CT molecular complexity index is 727. The van der Waals surface area contributed by atoms with E-state index in [0.717, 1.165) is 10.6 Å². The van der Waals surface area contributed by atoms with Gasteiger partial charge in [-0.15, -0.1) is 11.3 Å². The van der Waals surface area contributed by atoms with Crippen LogP contribution in [0.4, 0.5) is 5.13 Å². The number of likely N-dealkylation sites (N-methyl/N-ethyl adjacent to an activating group) is 1. The predicted molar refractivity (Wildman–Crippen MR) is 99.4 cm³/mol. The lowest BCUT2D eigenvalue weighted by molar-refractivity contribution is -0.136. The Labute approximate surface area is 155 Å². The van der Waals surface area contributed by atoms with Gasteiger partial charge in [0.15, 0.2) is 11.7 Å². The number of nitrogens with zero attached hydrogens (tertiary/aromatic N) is 2. The summed E-state index contributed by atoms with van der Waals surface area (Å²) >= 11 is 7.22. The third-order valence-corrected chi connectivity index (χ3v) is 4.76. The lowest BCUT2D eigenvalue weighted by atomic mass is 10.3. The molecular weight excluding hydrogens is 362 g/mol. The Morgan fingerprint density at radius 3 is 2.52 bits per heavy atom. The molecule has 2 amide bonds. The Morgan fingerprint density at radius 1 is 1.28 bits per heavy atom. The highest BCUT2D eigenvalue weighted by Gasteiger charge is 2.17. The van der Waals surface area contributed by atoms with Crippen molar-refractivity contribution < 1.29 is 14.3 Å². The number of aromatic nitrogens is 1. The molecule has 6 nitrogen and oxygen atoms in total. The van der Waals surface area contributed by atoms with E-state index in [9.17, 15) is 9.59 Å². The molecule has 0 atom stereocenters. The first-order chi connectivity index (χ1) is 11.9. The van der Waals surface area contributed by atoms with Crippen LogP contribution in [0.15, 0.2) is 24.3 Å². The number of hydrogen-bond acceptors (Lipinski definition) is 5. The van der Waals surface area contributed by atoms with Crippen molar-refractivity contribution in [2.45, 2.75) is 20.8 Å². The van der Waals surface area contributed by atoms with E-state index in [4.69, 9.17) is 16.3 Å². The molecule has 0 aliphatic carbocycles. The quantitative estimate of drug-likeness (QED) is 0.798. The van der Waals surface area contributed by atoms with Gasteiger partial charge in [0.05, 0.1) is 5.69 Å². The van der Waals surface area contributed by atoms with Crippen LogP contribution in [0.25, 0.3) is 0 Å². The van der Waals surface area contributed by atoms with Gasteiger partial charge < -0.3 is 15.0 Å². The minimum absolute atomic E-state index is 0.0447. The number of benzene rings is 1. The molecule has 0 unspecified atom stereocenters. The molecule has 8 heteroatoms. The maximum Gasteiger partial charge on any atom is 0.260 e. The number of carbonyl (C=O) groups excluding carboxylic acids is 2. The number of amides is 2. The van der Waals surface area contributed by atoms with Crippen molar-refractivity contribution in [3.63, 3.8) is 0 Å². The molecule has 1 N–H and O–H groups in total. The summed E-state index contributed by atoms with van der Waals surface area (Å²) < 4.78 is 5.43. The monoisotopic (exact) mass is 381 g/mol. The van der Waals surface area contributed by atoms with Crippen LogP contribution in [0.1, 0.15) is 17.5 Å². The van der Waals surface area contributed by atoms with Crippen molar-refractivity contribution >= 4 is 39.9 Å². The summed E-state index contributed by atoms with van der Waals surface area (Å²) in [7, 11) is 0. The molecule has 25 heavy (non-hydrogen) atoms. The van der Waals surface area contributed by atoms with Crippen molar-refractivity contribution in [3.05, 3.63) is 39.9 Å². The average Bonchev–Trinajstić information content (AvgIpc) is 2.89. The van der Waals surface area contributed by atoms with Crippen LogP contribution in [0.5, 0.6) is 5.75 Å². The summed E-state index contributed by atoms with van der Waals surface area (Å²) in [5.41, 5.74) is 0.889. The van der Waals surface area contributed by atoms with Gasteiger partial charge in [-0.25, -0.2) is 4.98 Å². The second kappa shape index (κ2) is 8.82. The molecule has 134 valence electrons. The third kappa shape index (κ3) is 5.72. The average molecular weight is 382 g/mol. The molecule has 0 fully saturated rings. The summed E-state index contributed by atoms with van der Waals surface area (Å²) in [6.45, 7) is 5.86. The predicted octanol–water partition coefficient (Wildman–Crippen LogP) is 3.28. The zero-order valence-electron chi connectivity index (χ0n) is 14.3. The zero-order chi connectivity index (χ0) is 18.4. The number of halogens is 1. The van der Waals surface area contributed by atoms with E-state index in [1.165, 1.54) is 16.2 Å². The minimum Gasteiger partial charge on any atom is -0.484 e. The molecule has 0 saturated heterocycles. The highest BCUT2D eigenvalue weighted by Crippen LogP contribution is 2.21. The van der Waals surface area contributed by atoms with E-state index in [1.807, 2.05) is 20.8 Å². The number of carbonyl (C=O) groups is 2. The molecular formula is C17H20ClN3O3S. The van der Waals surface area contributed by atoms with Gasteiger partial charge in [-0.1, -0.05) is 11.6 Å². The molecule has 0 radical (unpaired) electrons. The largest absolute Gasteiger partial charge is 0.484 e. The van der Waals surface area contributed by atoms with Crippen molar-refractivity contribution in [1.82, 2.24) is 9.88 Å². The number of anilines is 1. The fourth-order valence-corrected chi connectivity index (χ4v) is 2.96. The van der Waals surface area contributed by atoms with Gasteiger partial charge in [0.25, 0.3) is 5.91 Å². The molecule has 1 aromatic heterocycles. The second-order valence-corrected chi connectivity index (χ2v) is 7.00. The topological polar surface area (TPSA) is 71.5 Å². The summed E-state index contributed by atoms with van der Waals surface area (Å²) in [6, 6.07) is 6.74. The molecule has 0 saturated carbocycles. The van der Waals surface area contributed by atoms with E-state index in [1.54, 1.807) is 24.3 Å². The second-order valence-electron chi connectivity index (χ2n) is 5.36. The fourth-order valence-electron chi connectivity index (χ4n) is 2.00. The van der Waals surface area contributed by atoms with Gasteiger partial charge in [-0.05, 0) is 45.0 Å². The van der Waals surface area contributed by atoms with Crippen LogP contribution in [0.3, 0.4) is 0 Å². The van der Waals surface area contributed by atoms with Gasteiger partial charge in [0.2, 0.25) is 5.91 Å². The lowest BCUT2D eigenvalue weighted by Gasteiger charge is -2.20. The zero-order valence-corrected chi connectivity index (χ0v) is 15.9. The van der Waals surface area contributed by atoms with Crippen molar-refractivity contribution in [3.8, 4) is 5.75 Å². The molecule has 1 heterocycles. The summed E-state index contributed by atoms with van der Waals surface area (Å²) in [4.78, 5) is 31.1. The maximum absolute atomic E-state index is 12.2. The van der Waals surface area contributed by atoms with E-state index < -0.39 is 0 Å². The van der Waals surface area contributed by atoms with E-state index >= 15 is 0 Å². The fraction of sp³-hybridized carbons (Fsp3) is 0.353. The number of nitrogens with one attached hydrogen (secondary N) is 1. The van der Waals surface area contributed by atoms with Gasteiger partial charge in [0, 0.05) is 16.4 Å². The van der Waals surface area contributed by atoms with Gasteiger partial charge in [0.1, 0.15) is 12.3 Å². The van der Waals surface area contributed by atoms with E-state index in [0.29, 0.717) is 22.4 Å². The summed E-state index contributed by atoms with van der Waals surface area (Å²) in [6.07, 6.45) is 0. The standard InChI is InChI=1S/C17H20ClN3O3S/c1-4-21(9-15(22)20-17-19-11(2)12(3)25-17)16(23)10-24-14-7-5-13(18)6-8-14/h5-8H,4,9-10H2,1-3H3,(H,19,20,22). The van der Waals surface area contributed by atoms with Crippen molar-refractivity contribution in [1.29, 1.82) is 0 Å². The van der Waals surface area contributed by atoms with Crippen LogP contribution < -0.4 is 10.1 Å². The van der Waals surface area contributed by atoms with Crippen LogP contribution in [0, 0.1) is 13.8 Å². The van der Waals surface area contributed by atoms with Crippen molar-refractivity contribution in [2.24, 2.45) is 0 Å². The third-order valence-electron chi connectivity index (χ3n) is 3.52. The first kappa shape index (κ1) is 19.2. The Balaban J connectivity index is 1.86. The SMILES string of the molecule is CCN(CC(=O)Nc1nc(C)c(C)s1)C(=O)COc1ccc(Cl)cc1. The highest BCUT2D eigenvalue weighted by atomic mass is 35.5. The van der Waals surface area contributed by atoms with E-state index in [-0.39, 0.29) is 25.0 Å². The molecule has 2 aromatic rings. The van der Waals surface area contributed by atoms with Crippen LogP contribution >= 0.6 is 22.9 Å². The Morgan fingerprint density at radius 2 is 1.96 bits per heavy atom. The van der Waals surface area contributed by atoms with E-state index in [2.05, 4.69) is 10.3 Å². The molecule has 0 spiro atoms. The normalized spacial score (nSPS) is 10.4. The Kier molecular flexibility index (Phi) is 6.78. The number of rotatable bonds is 7. The molecule has 1 aromatic carbocycles. The van der Waals surface area contributed by atoms with Gasteiger partial charge >= 0.3 is 0 Å². The van der Waals surface area contributed by atoms with Crippen LogP contribution in [-0.2, 0) is 9.59 Å². The molecule has 0 bridgehead atoms. The summed E-state index contributed by atoms with van der Waals surface area (Å²) in [5, 5.41) is 3.86. The molecule has 2 rings (SSSR count). The van der Waals surface area contributed by atoms with Gasteiger partial charge in [-0.2, -0.15) is 0 Å². The smallest absolute Gasteiger partial charge is 0.260 e. The number of hydrogen-bond donors (Lipinski definition) is 1. The molecule has 0 aliphatic rings. The highest BCUT2D eigenvalue weighted by molar-refractivity contribution is 7.15. The summed E-state index contributed by atoms with van der Waals surface area (Å²) in [5.74, 6) is 0.00142. The molecule has 0 aliphatic heterocycles. The van der Waals surface area contributed by atoms with Crippen LogP contribution in [-0.4, -0.2) is 41.4 Å². The number of aryl methyl sites for hydroxylation is 2.